The summed E-state index contributed by atoms with van der Waals surface area (Å²) in [6.45, 7) is 3.02. The summed E-state index contributed by atoms with van der Waals surface area (Å²) in [5.41, 5.74) is 1.64. The average molecular weight is 368 g/mol. The van der Waals surface area contributed by atoms with Crippen LogP contribution in [0, 0.1) is 11.7 Å². The molecular weight excluding hydrogens is 343 g/mol. The maximum Gasteiger partial charge on any atom is 0.222 e. The molecule has 1 aliphatic carbocycles. The maximum atomic E-state index is 13.1. The second kappa shape index (κ2) is 8.03. The second-order valence-corrected chi connectivity index (χ2v) is 7.49. The normalized spacial score (nSPS) is 18.1. The van der Waals surface area contributed by atoms with E-state index in [1.807, 2.05) is 11.0 Å². The van der Waals surface area contributed by atoms with Gasteiger partial charge >= 0.3 is 0 Å². The third-order valence-corrected chi connectivity index (χ3v) is 5.69. The van der Waals surface area contributed by atoms with E-state index in [4.69, 9.17) is 0 Å². The van der Waals surface area contributed by atoms with Gasteiger partial charge in [-0.2, -0.15) is 0 Å². The second-order valence-electron chi connectivity index (χ2n) is 7.49. The number of benzene rings is 1. The Labute approximate surface area is 159 Å². The summed E-state index contributed by atoms with van der Waals surface area (Å²) in [6.07, 6.45) is 7.22. The first-order chi connectivity index (χ1) is 13.2. The molecule has 27 heavy (non-hydrogen) atoms. The van der Waals surface area contributed by atoms with Crippen molar-refractivity contribution in [3.05, 3.63) is 42.5 Å². The first-order valence-electron chi connectivity index (χ1n) is 9.80. The van der Waals surface area contributed by atoms with Gasteiger partial charge in [0.05, 0.1) is 5.69 Å². The predicted molar refractivity (Wildman–Crippen MR) is 103 cm³/mol. The molecule has 0 radical (unpaired) electrons. The molecule has 4 rings (SSSR count). The molecule has 2 aliphatic rings. The average Bonchev–Trinajstić information content (AvgIpc) is 3.22. The number of hydrogen-bond acceptors (Lipinski definition) is 4. The van der Waals surface area contributed by atoms with Gasteiger partial charge in [-0.25, -0.2) is 14.4 Å². The minimum atomic E-state index is -0.258. The van der Waals surface area contributed by atoms with Gasteiger partial charge in [0.2, 0.25) is 5.91 Å². The summed E-state index contributed by atoms with van der Waals surface area (Å²) in [4.78, 5) is 25.4. The monoisotopic (exact) mass is 368 g/mol. The molecule has 2 aromatic rings. The number of carbonyl (C=O) groups excluding carboxylic acids is 1. The molecule has 5 nitrogen and oxygen atoms in total. The van der Waals surface area contributed by atoms with E-state index in [1.165, 1.54) is 37.8 Å². The Morgan fingerprint density at radius 3 is 2.44 bits per heavy atom. The van der Waals surface area contributed by atoms with Gasteiger partial charge < -0.3 is 9.80 Å². The number of hydrogen-bond donors (Lipinski definition) is 0. The van der Waals surface area contributed by atoms with Crippen LogP contribution in [0.2, 0.25) is 0 Å². The number of halogens is 1. The van der Waals surface area contributed by atoms with Crippen LogP contribution in [0.15, 0.2) is 36.7 Å². The Morgan fingerprint density at radius 2 is 1.74 bits per heavy atom. The van der Waals surface area contributed by atoms with Gasteiger partial charge in [0.15, 0.2) is 0 Å². The minimum Gasteiger partial charge on any atom is -0.353 e. The van der Waals surface area contributed by atoms with Crippen LogP contribution >= 0.6 is 0 Å². The van der Waals surface area contributed by atoms with Gasteiger partial charge in [-0.1, -0.05) is 12.8 Å². The van der Waals surface area contributed by atoms with Crippen LogP contribution in [0.5, 0.6) is 0 Å². The highest BCUT2D eigenvalue weighted by Gasteiger charge is 2.25. The maximum absolute atomic E-state index is 13.1. The SMILES string of the molecule is O=C(CC1CCCC1)N1CCN(c2cc(-c3ccc(F)cc3)ncn2)CC1. The number of amides is 1. The van der Waals surface area contributed by atoms with Gasteiger partial charge in [-0.15, -0.1) is 0 Å². The summed E-state index contributed by atoms with van der Waals surface area (Å²) in [7, 11) is 0. The zero-order chi connectivity index (χ0) is 18.6. The molecule has 2 heterocycles. The van der Waals surface area contributed by atoms with Crippen molar-refractivity contribution in [3.8, 4) is 11.3 Å². The summed E-state index contributed by atoms with van der Waals surface area (Å²) in [6, 6.07) is 8.25. The van der Waals surface area contributed by atoms with Crippen molar-refractivity contribution in [2.45, 2.75) is 32.1 Å². The molecule has 0 atom stereocenters. The Balaban J connectivity index is 1.37. The fraction of sp³-hybridized carbons (Fsp3) is 0.476. The van der Waals surface area contributed by atoms with E-state index < -0.39 is 0 Å². The summed E-state index contributed by atoms with van der Waals surface area (Å²) in [5, 5.41) is 0. The van der Waals surface area contributed by atoms with Gasteiger partial charge in [0, 0.05) is 44.2 Å². The first-order valence-corrected chi connectivity index (χ1v) is 9.80. The van der Waals surface area contributed by atoms with E-state index in [1.54, 1.807) is 18.5 Å². The fourth-order valence-electron chi connectivity index (χ4n) is 4.07. The van der Waals surface area contributed by atoms with Gasteiger partial charge in [0.25, 0.3) is 0 Å². The third kappa shape index (κ3) is 4.26. The lowest BCUT2D eigenvalue weighted by Crippen LogP contribution is -2.49. The minimum absolute atomic E-state index is 0.258. The highest BCUT2D eigenvalue weighted by molar-refractivity contribution is 5.76. The highest BCUT2D eigenvalue weighted by atomic mass is 19.1. The largest absolute Gasteiger partial charge is 0.353 e. The van der Waals surface area contributed by atoms with Gasteiger partial charge in [-0.3, -0.25) is 4.79 Å². The molecule has 1 amide bonds. The van der Waals surface area contributed by atoms with Crippen LogP contribution in [0.3, 0.4) is 0 Å². The molecule has 1 saturated heterocycles. The number of nitrogens with zero attached hydrogens (tertiary/aromatic N) is 4. The zero-order valence-electron chi connectivity index (χ0n) is 15.5. The number of carbonyl (C=O) groups is 1. The standard InChI is InChI=1S/C21H25FN4O/c22-18-7-5-17(6-8-18)19-14-20(24-15-23-19)25-9-11-26(12-10-25)21(27)13-16-3-1-2-4-16/h5-8,14-16H,1-4,9-13H2. The summed E-state index contributed by atoms with van der Waals surface area (Å²) >= 11 is 0. The number of piperazine rings is 1. The molecule has 1 aliphatic heterocycles. The number of aromatic nitrogens is 2. The molecule has 0 bridgehead atoms. The van der Waals surface area contributed by atoms with E-state index >= 15 is 0 Å². The quantitative estimate of drug-likeness (QED) is 0.829. The van der Waals surface area contributed by atoms with E-state index in [2.05, 4.69) is 14.9 Å². The summed E-state index contributed by atoms with van der Waals surface area (Å²) in [5.74, 6) is 1.49. The molecular formula is C21H25FN4O. The predicted octanol–water partition coefficient (Wildman–Crippen LogP) is 3.51. The van der Waals surface area contributed by atoms with E-state index in [9.17, 15) is 9.18 Å². The van der Waals surface area contributed by atoms with Crippen LogP contribution < -0.4 is 4.90 Å². The van der Waals surface area contributed by atoms with Crippen molar-refractivity contribution in [1.82, 2.24) is 14.9 Å². The number of rotatable bonds is 4. The van der Waals surface area contributed by atoms with Crippen molar-refractivity contribution >= 4 is 11.7 Å². The van der Waals surface area contributed by atoms with Crippen molar-refractivity contribution < 1.29 is 9.18 Å². The van der Waals surface area contributed by atoms with Crippen LogP contribution in [0.4, 0.5) is 10.2 Å². The van der Waals surface area contributed by atoms with Gasteiger partial charge in [0.1, 0.15) is 18.0 Å². The fourth-order valence-corrected chi connectivity index (χ4v) is 4.07. The van der Waals surface area contributed by atoms with Gasteiger partial charge in [-0.05, 0) is 43.0 Å². The van der Waals surface area contributed by atoms with Crippen LogP contribution in [-0.2, 0) is 4.79 Å². The topological polar surface area (TPSA) is 49.3 Å². The smallest absolute Gasteiger partial charge is 0.222 e. The lowest BCUT2D eigenvalue weighted by atomic mass is 10.0. The van der Waals surface area contributed by atoms with Crippen molar-refractivity contribution in [1.29, 1.82) is 0 Å². The molecule has 1 aromatic heterocycles. The van der Waals surface area contributed by atoms with Crippen molar-refractivity contribution in [3.63, 3.8) is 0 Å². The van der Waals surface area contributed by atoms with Crippen molar-refractivity contribution in [2.75, 3.05) is 31.1 Å². The molecule has 1 aromatic carbocycles. The van der Waals surface area contributed by atoms with Crippen LogP contribution in [0.25, 0.3) is 11.3 Å². The molecule has 0 spiro atoms. The lowest BCUT2D eigenvalue weighted by Gasteiger charge is -2.36. The summed E-state index contributed by atoms with van der Waals surface area (Å²) < 4.78 is 13.1. The Morgan fingerprint density at radius 1 is 1.04 bits per heavy atom. The molecule has 2 fully saturated rings. The highest BCUT2D eigenvalue weighted by Crippen LogP contribution is 2.28. The van der Waals surface area contributed by atoms with Crippen LogP contribution in [-0.4, -0.2) is 47.0 Å². The Hall–Kier alpha value is -2.50. The molecule has 6 heteroatoms. The molecule has 1 saturated carbocycles. The molecule has 0 unspecified atom stereocenters. The third-order valence-electron chi connectivity index (χ3n) is 5.69. The molecule has 142 valence electrons. The van der Waals surface area contributed by atoms with E-state index in [0.29, 0.717) is 18.2 Å². The Bertz CT molecular complexity index is 781. The first kappa shape index (κ1) is 17.9. The van der Waals surface area contributed by atoms with Crippen molar-refractivity contribution in [2.24, 2.45) is 5.92 Å². The van der Waals surface area contributed by atoms with E-state index in [0.717, 1.165) is 43.3 Å². The number of anilines is 1. The zero-order valence-corrected chi connectivity index (χ0v) is 15.5. The molecule has 0 N–H and O–H groups in total. The van der Waals surface area contributed by atoms with Crippen LogP contribution in [0.1, 0.15) is 32.1 Å². The van der Waals surface area contributed by atoms with E-state index in [-0.39, 0.29) is 5.82 Å². The Kier molecular flexibility index (Phi) is 5.32. The lowest BCUT2D eigenvalue weighted by molar-refractivity contribution is -0.132.